The quantitative estimate of drug-likeness (QED) is 0.857. The molecule has 0 saturated carbocycles. The number of hydrogen-bond acceptors (Lipinski definition) is 3. The van der Waals surface area contributed by atoms with Crippen molar-refractivity contribution in [3.63, 3.8) is 0 Å². The van der Waals surface area contributed by atoms with Gasteiger partial charge in [0.15, 0.2) is 0 Å². The van der Waals surface area contributed by atoms with Gasteiger partial charge in [-0.3, -0.25) is 9.69 Å². The smallest absolute Gasteiger partial charge is 0.256 e. The molecule has 0 radical (unpaired) electrons. The van der Waals surface area contributed by atoms with Gasteiger partial charge in [-0.05, 0) is 37.7 Å². The first-order valence-electron chi connectivity index (χ1n) is 7.15. The highest BCUT2D eigenvalue weighted by Crippen LogP contribution is 2.20. The van der Waals surface area contributed by atoms with Gasteiger partial charge in [-0.2, -0.15) is 0 Å². The van der Waals surface area contributed by atoms with Crippen molar-refractivity contribution in [3.05, 3.63) is 29.6 Å². The molecule has 1 aliphatic rings. The van der Waals surface area contributed by atoms with Crippen LogP contribution in [0.2, 0.25) is 0 Å². The highest BCUT2D eigenvalue weighted by atomic mass is 19.1. The molecule has 1 aromatic carbocycles. The number of nitrogen functional groups attached to an aromatic ring is 1. The Morgan fingerprint density at radius 1 is 1.45 bits per heavy atom. The van der Waals surface area contributed by atoms with Crippen molar-refractivity contribution in [1.29, 1.82) is 0 Å². The molecule has 0 aromatic heterocycles. The minimum Gasteiger partial charge on any atom is -0.399 e. The fraction of sp³-hybridized carbons (Fsp3) is 0.533. The topological polar surface area (TPSA) is 49.6 Å². The maximum Gasteiger partial charge on any atom is 0.256 e. The molecule has 1 saturated heterocycles. The van der Waals surface area contributed by atoms with E-state index in [1.807, 2.05) is 0 Å². The van der Waals surface area contributed by atoms with E-state index >= 15 is 0 Å². The summed E-state index contributed by atoms with van der Waals surface area (Å²) in [6.45, 7) is 7.51. The van der Waals surface area contributed by atoms with Crippen molar-refractivity contribution in [2.45, 2.75) is 26.3 Å². The Balaban J connectivity index is 2.10. The molecule has 2 rings (SSSR count). The molecule has 1 aromatic rings. The second-order valence-electron chi connectivity index (χ2n) is 5.15. The van der Waals surface area contributed by atoms with Crippen molar-refractivity contribution in [2.24, 2.45) is 0 Å². The van der Waals surface area contributed by atoms with Crippen LogP contribution in [0.25, 0.3) is 0 Å². The minimum absolute atomic E-state index is 0.0743. The second kappa shape index (κ2) is 6.22. The van der Waals surface area contributed by atoms with E-state index in [1.165, 1.54) is 18.2 Å². The largest absolute Gasteiger partial charge is 0.399 e. The number of carbonyl (C=O) groups excluding carboxylic acids is 1. The minimum atomic E-state index is -0.504. The molecule has 4 nitrogen and oxygen atoms in total. The average molecular weight is 279 g/mol. The lowest BCUT2D eigenvalue weighted by Gasteiger charge is -2.26. The Hall–Kier alpha value is -1.62. The van der Waals surface area contributed by atoms with Crippen LogP contribution in [-0.4, -0.2) is 47.9 Å². The zero-order valence-corrected chi connectivity index (χ0v) is 12.1. The Labute approximate surface area is 119 Å². The zero-order valence-electron chi connectivity index (χ0n) is 12.1. The lowest BCUT2D eigenvalue weighted by Crippen LogP contribution is -2.38. The number of amides is 1. The van der Waals surface area contributed by atoms with Crippen molar-refractivity contribution < 1.29 is 9.18 Å². The summed E-state index contributed by atoms with van der Waals surface area (Å²) in [7, 11) is 0. The Bertz CT molecular complexity index is 488. The standard InChI is InChI=1S/C15H22FN3O/c1-3-18(4-2)12-7-8-19(10-12)15(20)13-9-11(17)5-6-14(13)16/h5-6,9,12H,3-4,7-8,10,17H2,1-2H3. The van der Waals surface area contributed by atoms with Crippen molar-refractivity contribution >= 4 is 11.6 Å². The predicted octanol–water partition coefficient (Wildman–Crippen LogP) is 1.96. The van der Waals surface area contributed by atoms with Crippen LogP contribution in [0.5, 0.6) is 0 Å². The first kappa shape index (κ1) is 14.8. The van der Waals surface area contributed by atoms with E-state index in [1.54, 1.807) is 4.90 Å². The molecule has 0 spiro atoms. The van der Waals surface area contributed by atoms with Gasteiger partial charge in [0.05, 0.1) is 5.56 Å². The third-order valence-electron chi connectivity index (χ3n) is 4.00. The molecule has 1 fully saturated rings. The highest BCUT2D eigenvalue weighted by Gasteiger charge is 2.30. The van der Waals surface area contributed by atoms with Gasteiger partial charge in [-0.25, -0.2) is 4.39 Å². The van der Waals surface area contributed by atoms with Gasteiger partial charge in [-0.1, -0.05) is 13.8 Å². The fourth-order valence-corrected chi connectivity index (χ4v) is 2.84. The molecule has 1 amide bonds. The van der Waals surface area contributed by atoms with Crippen molar-refractivity contribution in [1.82, 2.24) is 9.80 Å². The van der Waals surface area contributed by atoms with Crippen LogP contribution in [0.15, 0.2) is 18.2 Å². The summed E-state index contributed by atoms with van der Waals surface area (Å²) in [6.07, 6.45) is 0.942. The van der Waals surface area contributed by atoms with Gasteiger partial charge < -0.3 is 10.6 Å². The number of benzene rings is 1. The van der Waals surface area contributed by atoms with E-state index in [0.29, 0.717) is 24.8 Å². The van der Waals surface area contributed by atoms with E-state index in [0.717, 1.165) is 19.5 Å². The number of carbonyl (C=O) groups is 1. The lowest BCUT2D eigenvalue weighted by molar-refractivity contribution is 0.0773. The summed E-state index contributed by atoms with van der Waals surface area (Å²) < 4.78 is 13.7. The molecule has 1 unspecified atom stereocenters. The van der Waals surface area contributed by atoms with E-state index in [2.05, 4.69) is 18.7 Å². The lowest BCUT2D eigenvalue weighted by atomic mass is 10.1. The molecule has 0 aliphatic carbocycles. The summed E-state index contributed by atoms with van der Waals surface area (Å²) in [5.74, 6) is -0.764. The molecule has 0 bridgehead atoms. The molecule has 2 N–H and O–H groups in total. The number of anilines is 1. The number of rotatable bonds is 4. The first-order chi connectivity index (χ1) is 9.56. The van der Waals surface area contributed by atoms with Crippen LogP contribution in [0, 0.1) is 5.82 Å². The summed E-state index contributed by atoms with van der Waals surface area (Å²) >= 11 is 0. The maximum atomic E-state index is 13.7. The molecular formula is C15H22FN3O. The molecule has 20 heavy (non-hydrogen) atoms. The van der Waals surface area contributed by atoms with Gasteiger partial charge >= 0.3 is 0 Å². The molecule has 1 aliphatic heterocycles. The summed E-state index contributed by atoms with van der Waals surface area (Å²) in [6, 6.07) is 4.51. The third-order valence-corrected chi connectivity index (χ3v) is 4.00. The number of hydrogen-bond donors (Lipinski definition) is 1. The molecule has 5 heteroatoms. The number of halogens is 1. The Morgan fingerprint density at radius 2 is 2.15 bits per heavy atom. The van der Waals surface area contributed by atoms with Gasteiger partial charge in [0, 0.05) is 24.8 Å². The highest BCUT2D eigenvalue weighted by molar-refractivity contribution is 5.95. The van der Waals surface area contributed by atoms with Gasteiger partial charge in [0.1, 0.15) is 5.82 Å². The van der Waals surface area contributed by atoms with Crippen LogP contribution in [0.1, 0.15) is 30.6 Å². The van der Waals surface area contributed by atoms with Crippen LogP contribution < -0.4 is 5.73 Å². The van der Waals surface area contributed by atoms with Crippen molar-refractivity contribution in [2.75, 3.05) is 31.9 Å². The zero-order chi connectivity index (χ0) is 14.7. The molecule has 1 atom stereocenters. The van der Waals surface area contributed by atoms with E-state index in [9.17, 15) is 9.18 Å². The van der Waals surface area contributed by atoms with E-state index < -0.39 is 5.82 Å². The number of likely N-dealkylation sites (N-methyl/N-ethyl adjacent to an activating group) is 1. The summed E-state index contributed by atoms with van der Waals surface area (Å²) in [5.41, 5.74) is 6.12. The number of likely N-dealkylation sites (tertiary alicyclic amines) is 1. The van der Waals surface area contributed by atoms with Gasteiger partial charge in [-0.15, -0.1) is 0 Å². The van der Waals surface area contributed by atoms with Crippen LogP contribution in [0.3, 0.4) is 0 Å². The Morgan fingerprint density at radius 3 is 2.80 bits per heavy atom. The Kier molecular flexibility index (Phi) is 4.60. The van der Waals surface area contributed by atoms with Crippen LogP contribution in [-0.2, 0) is 0 Å². The monoisotopic (exact) mass is 279 g/mol. The van der Waals surface area contributed by atoms with E-state index in [-0.39, 0.29) is 11.5 Å². The van der Waals surface area contributed by atoms with Crippen molar-refractivity contribution in [3.8, 4) is 0 Å². The number of nitrogens with zero attached hydrogens (tertiary/aromatic N) is 2. The van der Waals surface area contributed by atoms with Gasteiger partial charge in [0.25, 0.3) is 5.91 Å². The van der Waals surface area contributed by atoms with E-state index in [4.69, 9.17) is 5.73 Å². The number of nitrogens with two attached hydrogens (primary N) is 1. The molecule has 1 heterocycles. The summed E-state index contributed by atoms with van der Waals surface area (Å²) in [4.78, 5) is 16.4. The molecule has 110 valence electrons. The van der Waals surface area contributed by atoms with Crippen LogP contribution >= 0.6 is 0 Å². The average Bonchev–Trinajstić information content (AvgIpc) is 2.92. The summed E-state index contributed by atoms with van der Waals surface area (Å²) in [5, 5.41) is 0. The second-order valence-corrected chi connectivity index (χ2v) is 5.15. The molecular weight excluding hydrogens is 257 g/mol. The predicted molar refractivity (Wildman–Crippen MR) is 78.0 cm³/mol. The SMILES string of the molecule is CCN(CC)C1CCN(C(=O)c2cc(N)ccc2F)C1. The first-order valence-corrected chi connectivity index (χ1v) is 7.15. The van der Waals surface area contributed by atoms with Crippen LogP contribution in [0.4, 0.5) is 10.1 Å². The normalized spacial score (nSPS) is 18.8. The third kappa shape index (κ3) is 2.93. The maximum absolute atomic E-state index is 13.7. The fourth-order valence-electron chi connectivity index (χ4n) is 2.84. The van der Waals surface area contributed by atoms with Gasteiger partial charge in [0.2, 0.25) is 0 Å².